The lowest BCUT2D eigenvalue weighted by Crippen LogP contribution is -2.19. The van der Waals surface area contributed by atoms with Crippen LogP contribution in [-0.4, -0.2) is 32.3 Å². The molecule has 0 aliphatic rings. The lowest BCUT2D eigenvalue weighted by Gasteiger charge is -2.18. The number of benzene rings is 1. The van der Waals surface area contributed by atoms with Crippen LogP contribution in [0.15, 0.2) is 36.4 Å². The van der Waals surface area contributed by atoms with E-state index in [4.69, 9.17) is 0 Å². The molecule has 1 aromatic carbocycles. The number of aromatic nitrogens is 5. The minimum absolute atomic E-state index is 0.415. The fourth-order valence-electron chi connectivity index (χ4n) is 2.00. The monoisotopic (exact) mass is 308 g/mol. The SMILES string of the molecule is CN(Cc1ccc(C(F)(F)F)cc1)c1ccc2nnnn2n1. The number of nitrogens with zero attached hydrogens (tertiary/aromatic N) is 6. The highest BCUT2D eigenvalue weighted by atomic mass is 19.4. The molecule has 0 fully saturated rings. The molecular formula is C13H11F3N6. The predicted octanol–water partition coefficient (Wildman–Crippen LogP) is 2.17. The van der Waals surface area contributed by atoms with Crippen LogP contribution in [0.2, 0.25) is 0 Å². The van der Waals surface area contributed by atoms with E-state index in [0.29, 0.717) is 18.0 Å². The van der Waals surface area contributed by atoms with Gasteiger partial charge in [0.25, 0.3) is 0 Å². The molecule has 0 spiro atoms. The summed E-state index contributed by atoms with van der Waals surface area (Å²) in [4.78, 5) is 1.80. The number of hydrogen-bond acceptors (Lipinski definition) is 5. The van der Waals surface area contributed by atoms with E-state index in [1.807, 2.05) is 0 Å². The number of alkyl halides is 3. The van der Waals surface area contributed by atoms with E-state index in [-0.39, 0.29) is 0 Å². The zero-order valence-electron chi connectivity index (χ0n) is 11.5. The Bertz CT molecular complexity index is 780. The van der Waals surface area contributed by atoms with Gasteiger partial charge >= 0.3 is 6.18 Å². The maximum atomic E-state index is 12.5. The van der Waals surface area contributed by atoms with Crippen molar-refractivity contribution < 1.29 is 13.2 Å². The van der Waals surface area contributed by atoms with E-state index >= 15 is 0 Å². The molecule has 2 heterocycles. The lowest BCUT2D eigenvalue weighted by molar-refractivity contribution is -0.137. The Morgan fingerprint density at radius 2 is 1.82 bits per heavy atom. The van der Waals surface area contributed by atoms with E-state index < -0.39 is 11.7 Å². The second-order valence-electron chi connectivity index (χ2n) is 4.77. The van der Waals surface area contributed by atoms with E-state index in [2.05, 4.69) is 20.6 Å². The van der Waals surface area contributed by atoms with Crippen molar-refractivity contribution in [1.29, 1.82) is 0 Å². The van der Waals surface area contributed by atoms with Crippen LogP contribution in [-0.2, 0) is 12.7 Å². The first-order valence-electron chi connectivity index (χ1n) is 6.36. The summed E-state index contributed by atoms with van der Waals surface area (Å²) in [5.74, 6) is 0.611. The first-order valence-corrected chi connectivity index (χ1v) is 6.36. The average Bonchev–Trinajstić information content (AvgIpc) is 2.94. The molecule has 0 aliphatic carbocycles. The Labute approximate surface area is 123 Å². The summed E-state index contributed by atoms with van der Waals surface area (Å²) in [7, 11) is 1.79. The van der Waals surface area contributed by atoms with Crippen LogP contribution in [0, 0.1) is 0 Å². The highest BCUT2D eigenvalue weighted by Gasteiger charge is 2.29. The zero-order valence-corrected chi connectivity index (χ0v) is 11.5. The molecule has 0 unspecified atom stereocenters. The first-order chi connectivity index (χ1) is 10.4. The molecule has 3 rings (SSSR count). The maximum Gasteiger partial charge on any atom is 0.416 e. The van der Waals surface area contributed by atoms with Gasteiger partial charge in [0.1, 0.15) is 0 Å². The number of halogens is 3. The van der Waals surface area contributed by atoms with Crippen LogP contribution >= 0.6 is 0 Å². The van der Waals surface area contributed by atoms with Crippen LogP contribution in [0.1, 0.15) is 11.1 Å². The van der Waals surface area contributed by atoms with Crippen molar-refractivity contribution in [2.75, 3.05) is 11.9 Å². The van der Waals surface area contributed by atoms with Crippen molar-refractivity contribution in [3.63, 3.8) is 0 Å². The highest BCUT2D eigenvalue weighted by Crippen LogP contribution is 2.29. The third-order valence-electron chi connectivity index (χ3n) is 3.15. The number of rotatable bonds is 3. The van der Waals surface area contributed by atoms with E-state index in [0.717, 1.165) is 17.7 Å². The summed E-state index contributed by atoms with van der Waals surface area (Å²) < 4.78 is 38.9. The molecule has 114 valence electrons. The van der Waals surface area contributed by atoms with E-state index in [1.165, 1.54) is 16.8 Å². The smallest absolute Gasteiger partial charge is 0.354 e. The third-order valence-corrected chi connectivity index (χ3v) is 3.15. The number of fused-ring (bicyclic) bond motifs is 1. The molecule has 0 radical (unpaired) electrons. The number of anilines is 1. The minimum Gasteiger partial charge on any atom is -0.354 e. The largest absolute Gasteiger partial charge is 0.416 e. The van der Waals surface area contributed by atoms with Crippen molar-refractivity contribution in [2.45, 2.75) is 12.7 Å². The molecule has 9 heteroatoms. The van der Waals surface area contributed by atoms with Crippen molar-refractivity contribution in [2.24, 2.45) is 0 Å². The summed E-state index contributed by atoms with van der Waals surface area (Å²) in [6.45, 7) is 0.415. The summed E-state index contributed by atoms with van der Waals surface area (Å²) in [6, 6.07) is 8.51. The van der Waals surface area contributed by atoms with Gasteiger partial charge in [-0.25, -0.2) is 0 Å². The van der Waals surface area contributed by atoms with Crippen LogP contribution in [0.25, 0.3) is 5.65 Å². The Balaban J connectivity index is 1.77. The van der Waals surface area contributed by atoms with Gasteiger partial charge in [-0.2, -0.15) is 13.2 Å². The highest BCUT2D eigenvalue weighted by molar-refractivity contribution is 5.44. The second kappa shape index (κ2) is 5.24. The Hall–Kier alpha value is -2.71. The Morgan fingerprint density at radius 1 is 1.09 bits per heavy atom. The predicted molar refractivity (Wildman–Crippen MR) is 72.1 cm³/mol. The topological polar surface area (TPSA) is 59.2 Å². The van der Waals surface area contributed by atoms with Crippen LogP contribution in [0.5, 0.6) is 0 Å². The summed E-state index contributed by atoms with van der Waals surface area (Å²) in [6.07, 6.45) is -4.32. The normalized spacial score (nSPS) is 11.8. The average molecular weight is 308 g/mol. The molecule has 0 aliphatic heterocycles. The molecule has 0 saturated carbocycles. The van der Waals surface area contributed by atoms with Gasteiger partial charge in [-0.3, -0.25) is 0 Å². The first kappa shape index (κ1) is 14.2. The fourth-order valence-corrected chi connectivity index (χ4v) is 2.00. The maximum absolute atomic E-state index is 12.5. The van der Waals surface area contributed by atoms with Crippen molar-refractivity contribution in [3.8, 4) is 0 Å². The molecule has 0 N–H and O–H groups in total. The quantitative estimate of drug-likeness (QED) is 0.742. The fraction of sp³-hybridized carbons (Fsp3) is 0.231. The molecule has 6 nitrogen and oxygen atoms in total. The summed E-state index contributed by atoms with van der Waals surface area (Å²) >= 11 is 0. The van der Waals surface area contributed by atoms with Crippen LogP contribution < -0.4 is 4.90 Å². The summed E-state index contributed by atoms with van der Waals surface area (Å²) in [5, 5.41) is 15.2. The Kier molecular flexibility index (Phi) is 3.39. The molecule has 0 saturated heterocycles. The van der Waals surface area contributed by atoms with Crippen molar-refractivity contribution in [3.05, 3.63) is 47.5 Å². The molecule has 0 bridgehead atoms. The number of tetrazole rings is 1. The Morgan fingerprint density at radius 3 is 2.50 bits per heavy atom. The van der Waals surface area contributed by atoms with E-state index in [9.17, 15) is 13.2 Å². The van der Waals surface area contributed by atoms with Gasteiger partial charge in [0.2, 0.25) is 0 Å². The van der Waals surface area contributed by atoms with Gasteiger partial charge in [-0.1, -0.05) is 12.1 Å². The van der Waals surface area contributed by atoms with Crippen LogP contribution in [0.3, 0.4) is 0 Å². The van der Waals surface area contributed by atoms with Gasteiger partial charge < -0.3 is 4.90 Å². The lowest BCUT2D eigenvalue weighted by atomic mass is 10.1. The molecule has 0 amide bonds. The van der Waals surface area contributed by atoms with Crippen LogP contribution in [0.4, 0.5) is 19.0 Å². The standard InChI is InChI=1S/C13H11F3N6/c1-21(12-7-6-11-17-19-20-22(11)18-12)8-9-2-4-10(5-3-9)13(14,15)16/h2-7H,8H2,1H3. The molecular weight excluding hydrogens is 297 g/mol. The number of hydrogen-bond donors (Lipinski definition) is 0. The van der Waals surface area contributed by atoms with Gasteiger partial charge in [0.15, 0.2) is 11.5 Å². The molecule has 2 aromatic heterocycles. The van der Waals surface area contributed by atoms with Gasteiger partial charge in [0.05, 0.1) is 5.56 Å². The molecule has 3 aromatic rings. The van der Waals surface area contributed by atoms with Gasteiger partial charge in [-0.05, 0) is 40.3 Å². The summed E-state index contributed by atoms with van der Waals surface area (Å²) in [5.41, 5.74) is 0.605. The molecule has 22 heavy (non-hydrogen) atoms. The second-order valence-corrected chi connectivity index (χ2v) is 4.77. The minimum atomic E-state index is -4.32. The third kappa shape index (κ3) is 2.83. The molecule has 0 atom stereocenters. The van der Waals surface area contributed by atoms with Crippen molar-refractivity contribution in [1.82, 2.24) is 25.3 Å². The van der Waals surface area contributed by atoms with Gasteiger partial charge in [0, 0.05) is 13.6 Å². The van der Waals surface area contributed by atoms with Crippen molar-refractivity contribution >= 4 is 11.5 Å². The van der Waals surface area contributed by atoms with E-state index in [1.54, 1.807) is 24.1 Å². The zero-order chi connectivity index (χ0) is 15.7. The van der Waals surface area contributed by atoms with Gasteiger partial charge in [-0.15, -0.1) is 14.8 Å².